The lowest BCUT2D eigenvalue weighted by atomic mass is 10.3. The fraction of sp³-hybridized carbons (Fsp3) is 0.333. The van der Waals surface area contributed by atoms with E-state index in [1.165, 1.54) is 9.80 Å². The highest BCUT2D eigenvalue weighted by Crippen LogP contribution is 2.37. The molecule has 74 valence electrons. The van der Waals surface area contributed by atoms with E-state index < -0.39 is 0 Å². The first-order valence-electron chi connectivity index (χ1n) is 4.85. The third-order valence-electron chi connectivity index (χ3n) is 2.23. The van der Waals surface area contributed by atoms with Gasteiger partial charge in [-0.25, -0.2) is 0 Å². The molecule has 1 aromatic carbocycles. The Morgan fingerprint density at radius 1 is 1.29 bits per heavy atom. The summed E-state index contributed by atoms with van der Waals surface area (Å²) in [4.78, 5) is 2.66. The third-order valence-corrected chi connectivity index (χ3v) is 3.44. The predicted octanol–water partition coefficient (Wildman–Crippen LogP) is 3.82. The van der Waals surface area contributed by atoms with Crippen molar-refractivity contribution in [2.75, 3.05) is 0 Å². The van der Waals surface area contributed by atoms with E-state index in [9.17, 15) is 0 Å². The zero-order chi connectivity index (χ0) is 9.97. The predicted molar refractivity (Wildman–Crippen MR) is 60.2 cm³/mol. The van der Waals surface area contributed by atoms with Crippen LogP contribution >= 0.6 is 11.8 Å². The number of benzene rings is 1. The molecule has 14 heavy (non-hydrogen) atoms. The maximum absolute atomic E-state index is 5.60. The van der Waals surface area contributed by atoms with Gasteiger partial charge in [0.2, 0.25) is 0 Å². The molecule has 0 fully saturated rings. The Kier molecular flexibility index (Phi) is 2.82. The van der Waals surface area contributed by atoms with Crippen molar-refractivity contribution in [1.82, 2.24) is 0 Å². The summed E-state index contributed by atoms with van der Waals surface area (Å²) in [6.07, 6.45) is 1.40. The maximum Gasteiger partial charge on any atom is 0.103 e. The van der Waals surface area contributed by atoms with Gasteiger partial charge in [-0.1, -0.05) is 30.0 Å². The molecule has 2 rings (SSSR count). The molecule has 1 aromatic rings. The minimum atomic E-state index is 0.348. The quantitative estimate of drug-likeness (QED) is 0.727. The minimum absolute atomic E-state index is 0.348. The second kappa shape index (κ2) is 4.09. The number of rotatable bonds is 2. The molecule has 1 heterocycles. The number of ether oxygens (including phenoxy) is 1. The highest BCUT2D eigenvalue weighted by atomic mass is 32.2. The van der Waals surface area contributed by atoms with Crippen molar-refractivity contribution in [2.24, 2.45) is 0 Å². The Labute approximate surface area is 89.2 Å². The van der Waals surface area contributed by atoms with Crippen LogP contribution in [0.4, 0.5) is 0 Å². The van der Waals surface area contributed by atoms with Crippen LogP contribution in [0, 0.1) is 0 Å². The topological polar surface area (TPSA) is 9.23 Å². The third kappa shape index (κ3) is 2.13. The maximum atomic E-state index is 5.60. The van der Waals surface area contributed by atoms with Crippen molar-refractivity contribution in [3.05, 3.63) is 41.0 Å². The van der Waals surface area contributed by atoms with Gasteiger partial charge in [0.25, 0.3) is 0 Å². The van der Waals surface area contributed by atoms with Crippen molar-refractivity contribution in [3.8, 4) is 0 Å². The summed E-state index contributed by atoms with van der Waals surface area (Å²) < 4.78 is 5.60. The molecular formula is C12H14OS. The Morgan fingerprint density at radius 3 is 2.57 bits per heavy atom. The van der Waals surface area contributed by atoms with Crippen LogP contribution in [0.3, 0.4) is 0 Å². The van der Waals surface area contributed by atoms with Crippen LogP contribution in [0.15, 0.2) is 45.9 Å². The summed E-state index contributed by atoms with van der Waals surface area (Å²) in [7, 11) is 0. The van der Waals surface area contributed by atoms with Crippen LogP contribution in [0.1, 0.15) is 20.3 Å². The molecule has 1 aliphatic heterocycles. The Morgan fingerprint density at radius 2 is 2.00 bits per heavy atom. The molecule has 0 radical (unpaired) electrons. The lowest BCUT2D eigenvalue weighted by Crippen LogP contribution is -1.96. The van der Waals surface area contributed by atoms with E-state index in [4.69, 9.17) is 4.74 Å². The van der Waals surface area contributed by atoms with E-state index in [-0.39, 0.29) is 0 Å². The molecular weight excluding hydrogens is 192 g/mol. The van der Waals surface area contributed by atoms with Gasteiger partial charge in [-0.2, -0.15) is 0 Å². The first kappa shape index (κ1) is 9.66. The van der Waals surface area contributed by atoms with Crippen LogP contribution in [0.5, 0.6) is 0 Å². The summed E-state index contributed by atoms with van der Waals surface area (Å²) in [5, 5.41) is 0. The monoisotopic (exact) mass is 206 g/mol. The highest BCUT2D eigenvalue weighted by molar-refractivity contribution is 8.03. The van der Waals surface area contributed by atoms with E-state index in [0.717, 1.165) is 12.2 Å². The van der Waals surface area contributed by atoms with Crippen molar-refractivity contribution >= 4 is 11.8 Å². The lowest BCUT2D eigenvalue weighted by molar-refractivity contribution is 0.162. The minimum Gasteiger partial charge on any atom is -0.494 e. The van der Waals surface area contributed by atoms with Crippen LogP contribution < -0.4 is 0 Å². The molecule has 1 unspecified atom stereocenters. The largest absolute Gasteiger partial charge is 0.494 e. The van der Waals surface area contributed by atoms with Gasteiger partial charge in [-0.05, 0) is 26.0 Å². The number of thioether (sulfide) groups is 1. The van der Waals surface area contributed by atoms with Gasteiger partial charge in [0.05, 0.1) is 0 Å². The van der Waals surface area contributed by atoms with E-state index in [2.05, 4.69) is 38.1 Å². The fourth-order valence-corrected chi connectivity index (χ4v) is 2.65. The van der Waals surface area contributed by atoms with Gasteiger partial charge in [-0.15, -0.1) is 0 Å². The molecule has 0 aliphatic carbocycles. The van der Waals surface area contributed by atoms with Crippen LogP contribution in [-0.4, -0.2) is 6.10 Å². The number of hydrogen-bond donors (Lipinski definition) is 0. The summed E-state index contributed by atoms with van der Waals surface area (Å²) >= 11 is 1.82. The van der Waals surface area contributed by atoms with E-state index in [1.54, 1.807) is 0 Å². The average molecular weight is 206 g/mol. The zero-order valence-corrected chi connectivity index (χ0v) is 9.30. The van der Waals surface area contributed by atoms with Crippen molar-refractivity contribution in [1.29, 1.82) is 0 Å². The first-order chi connectivity index (χ1) is 6.75. The summed E-state index contributed by atoms with van der Waals surface area (Å²) in [5.41, 5.74) is 0. The molecule has 0 N–H and O–H groups in total. The van der Waals surface area contributed by atoms with Gasteiger partial charge >= 0.3 is 0 Å². The molecule has 1 nitrogen and oxygen atoms in total. The van der Waals surface area contributed by atoms with Crippen LogP contribution in [0.2, 0.25) is 0 Å². The summed E-state index contributed by atoms with van der Waals surface area (Å²) in [5.74, 6) is 1.09. The molecule has 2 heteroatoms. The fourth-order valence-electron chi connectivity index (χ4n) is 1.56. The van der Waals surface area contributed by atoms with E-state index in [0.29, 0.717) is 6.10 Å². The number of allylic oxidation sites excluding steroid dienone is 1. The summed E-state index contributed by atoms with van der Waals surface area (Å²) in [6.45, 7) is 4.16. The second-order valence-electron chi connectivity index (χ2n) is 3.53. The SMILES string of the molecule is CC1=C(Sc2ccccc2)CC(C)O1. The Hall–Kier alpha value is -0.890. The lowest BCUT2D eigenvalue weighted by Gasteiger charge is -2.01. The molecule has 0 amide bonds. The normalized spacial score (nSPS) is 21.1. The van der Waals surface area contributed by atoms with Crippen LogP contribution in [-0.2, 0) is 4.74 Å². The second-order valence-corrected chi connectivity index (χ2v) is 4.70. The smallest absolute Gasteiger partial charge is 0.103 e. The van der Waals surface area contributed by atoms with E-state index in [1.807, 2.05) is 17.8 Å². The molecule has 1 aliphatic rings. The number of hydrogen-bond acceptors (Lipinski definition) is 2. The highest BCUT2D eigenvalue weighted by Gasteiger charge is 2.19. The van der Waals surface area contributed by atoms with Gasteiger partial charge in [0.15, 0.2) is 0 Å². The van der Waals surface area contributed by atoms with Gasteiger partial charge < -0.3 is 4.74 Å². The first-order valence-corrected chi connectivity index (χ1v) is 5.66. The Bertz CT molecular complexity index is 343. The molecule has 0 spiro atoms. The molecule has 1 atom stereocenters. The molecule has 0 bridgehead atoms. The molecule has 0 saturated carbocycles. The van der Waals surface area contributed by atoms with Crippen molar-refractivity contribution < 1.29 is 4.74 Å². The van der Waals surface area contributed by atoms with E-state index >= 15 is 0 Å². The Balaban J connectivity index is 2.09. The van der Waals surface area contributed by atoms with Gasteiger partial charge in [-0.3, -0.25) is 0 Å². The average Bonchev–Trinajstić information content (AvgIpc) is 2.47. The van der Waals surface area contributed by atoms with Crippen LogP contribution in [0.25, 0.3) is 0 Å². The molecule has 0 aromatic heterocycles. The van der Waals surface area contributed by atoms with Crippen molar-refractivity contribution in [3.63, 3.8) is 0 Å². The standard InChI is InChI=1S/C12H14OS/c1-9-8-12(10(2)13-9)14-11-6-4-3-5-7-11/h3-7,9H,8H2,1-2H3. The zero-order valence-electron chi connectivity index (χ0n) is 8.49. The summed E-state index contributed by atoms with van der Waals surface area (Å²) in [6, 6.07) is 10.4. The van der Waals surface area contributed by atoms with Gasteiger partial charge in [0, 0.05) is 16.2 Å². The molecule has 0 saturated heterocycles. The van der Waals surface area contributed by atoms with Crippen molar-refractivity contribution in [2.45, 2.75) is 31.3 Å². The van der Waals surface area contributed by atoms with Gasteiger partial charge in [0.1, 0.15) is 11.9 Å².